The van der Waals surface area contributed by atoms with Gasteiger partial charge in [-0.3, -0.25) is 4.79 Å². The number of amides is 1. The molecule has 2 rings (SSSR count). The van der Waals surface area contributed by atoms with E-state index in [9.17, 15) is 13.2 Å². The number of piperidine rings is 1. The Morgan fingerprint density at radius 2 is 2.10 bits per heavy atom. The number of sulfonamides is 1. The standard InChI is InChI=1S/C13H22N4O3S/c1-11(15-21(2,19)20)13(18)17-6-3-12(4-7-17)9-16-8-5-14-10-16/h5,8,10-12,15H,3-4,6-7,9H2,1-2H3/t11-/m1/s1. The normalized spacial score (nSPS) is 18.7. The molecule has 1 aliphatic heterocycles. The van der Waals surface area contributed by atoms with E-state index < -0.39 is 16.1 Å². The molecular formula is C13H22N4O3S. The first-order valence-corrected chi connectivity index (χ1v) is 8.96. The van der Waals surface area contributed by atoms with Crippen molar-refractivity contribution in [1.82, 2.24) is 19.2 Å². The molecule has 0 aromatic carbocycles. The van der Waals surface area contributed by atoms with Crippen LogP contribution >= 0.6 is 0 Å². The van der Waals surface area contributed by atoms with Gasteiger partial charge >= 0.3 is 0 Å². The minimum absolute atomic E-state index is 0.151. The number of aromatic nitrogens is 2. The quantitative estimate of drug-likeness (QED) is 0.833. The fraction of sp³-hybridized carbons (Fsp3) is 0.692. The molecular weight excluding hydrogens is 292 g/mol. The van der Waals surface area contributed by atoms with Gasteiger partial charge in [-0.05, 0) is 25.7 Å². The molecule has 1 amide bonds. The number of hydrogen-bond acceptors (Lipinski definition) is 4. The minimum atomic E-state index is -3.36. The van der Waals surface area contributed by atoms with Crippen LogP contribution in [0.1, 0.15) is 19.8 Å². The van der Waals surface area contributed by atoms with Gasteiger partial charge < -0.3 is 9.47 Å². The van der Waals surface area contributed by atoms with E-state index in [-0.39, 0.29) is 5.91 Å². The predicted molar refractivity (Wildman–Crippen MR) is 79.0 cm³/mol. The van der Waals surface area contributed by atoms with Crippen LogP contribution in [-0.2, 0) is 21.4 Å². The summed E-state index contributed by atoms with van der Waals surface area (Å²) in [5.41, 5.74) is 0. The summed E-state index contributed by atoms with van der Waals surface area (Å²) < 4.78 is 26.7. The summed E-state index contributed by atoms with van der Waals surface area (Å²) in [6, 6.07) is -0.704. The molecule has 1 N–H and O–H groups in total. The van der Waals surface area contributed by atoms with Crippen LogP contribution in [0.15, 0.2) is 18.7 Å². The van der Waals surface area contributed by atoms with Gasteiger partial charge in [0.15, 0.2) is 0 Å². The average Bonchev–Trinajstić information content (AvgIpc) is 2.90. The Labute approximate surface area is 125 Å². The third-order valence-electron chi connectivity index (χ3n) is 3.72. The molecule has 0 bridgehead atoms. The number of hydrogen-bond donors (Lipinski definition) is 1. The molecule has 1 fully saturated rings. The maximum absolute atomic E-state index is 12.2. The van der Waals surface area contributed by atoms with E-state index in [0.717, 1.165) is 25.6 Å². The van der Waals surface area contributed by atoms with Crippen molar-refractivity contribution in [3.05, 3.63) is 18.7 Å². The van der Waals surface area contributed by atoms with Gasteiger partial charge in [-0.25, -0.2) is 18.1 Å². The molecule has 1 saturated heterocycles. The predicted octanol–water partition coefficient (Wildman–Crippen LogP) is 0.0594. The molecule has 0 unspecified atom stereocenters. The molecule has 1 aromatic heterocycles. The lowest BCUT2D eigenvalue weighted by Crippen LogP contribution is -2.49. The zero-order chi connectivity index (χ0) is 15.5. The van der Waals surface area contributed by atoms with Crippen molar-refractivity contribution in [2.75, 3.05) is 19.3 Å². The summed E-state index contributed by atoms with van der Waals surface area (Å²) in [5.74, 6) is 0.378. The highest BCUT2D eigenvalue weighted by Gasteiger charge is 2.27. The first-order chi connectivity index (χ1) is 9.85. The number of carbonyl (C=O) groups is 1. The summed E-state index contributed by atoms with van der Waals surface area (Å²) in [6.45, 7) is 3.85. The van der Waals surface area contributed by atoms with Gasteiger partial charge in [-0.15, -0.1) is 0 Å². The van der Waals surface area contributed by atoms with E-state index in [4.69, 9.17) is 0 Å². The van der Waals surface area contributed by atoms with Gasteiger partial charge in [0.05, 0.1) is 18.6 Å². The first-order valence-electron chi connectivity index (χ1n) is 7.07. The largest absolute Gasteiger partial charge is 0.341 e. The molecule has 0 aliphatic carbocycles. The monoisotopic (exact) mass is 314 g/mol. The molecule has 1 aliphatic rings. The highest BCUT2D eigenvalue weighted by Crippen LogP contribution is 2.19. The topological polar surface area (TPSA) is 84.3 Å². The van der Waals surface area contributed by atoms with Gasteiger partial charge in [0.2, 0.25) is 15.9 Å². The van der Waals surface area contributed by atoms with Crippen LogP contribution < -0.4 is 4.72 Å². The summed E-state index contributed by atoms with van der Waals surface area (Å²) >= 11 is 0. The molecule has 21 heavy (non-hydrogen) atoms. The number of imidazole rings is 1. The van der Waals surface area contributed by atoms with Crippen molar-refractivity contribution < 1.29 is 13.2 Å². The lowest BCUT2D eigenvalue weighted by molar-refractivity contribution is -0.134. The van der Waals surface area contributed by atoms with Gasteiger partial charge in [0.25, 0.3) is 0 Å². The van der Waals surface area contributed by atoms with Crippen LogP contribution in [0.2, 0.25) is 0 Å². The Morgan fingerprint density at radius 1 is 1.43 bits per heavy atom. The number of nitrogens with one attached hydrogen (secondary N) is 1. The van der Waals surface area contributed by atoms with E-state index in [1.807, 2.05) is 6.20 Å². The fourth-order valence-electron chi connectivity index (χ4n) is 2.67. The lowest BCUT2D eigenvalue weighted by atomic mass is 9.96. The number of carbonyl (C=O) groups excluding carboxylic acids is 1. The van der Waals surface area contributed by atoms with Crippen LogP contribution in [0.25, 0.3) is 0 Å². The SMILES string of the molecule is C[C@@H](NS(C)(=O)=O)C(=O)N1CCC(Cn2ccnc2)CC1. The van der Waals surface area contributed by atoms with Gasteiger partial charge in [-0.2, -0.15) is 0 Å². The van der Waals surface area contributed by atoms with Crippen molar-refractivity contribution in [2.24, 2.45) is 5.92 Å². The van der Waals surface area contributed by atoms with Gasteiger partial charge in [0, 0.05) is 32.0 Å². The highest BCUT2D eigenvalue weighted by atomic mass is 32.2. The van der Waals surface area contributed by atoms with Crippen molar-refractivity contribution in [3.8, 4) is 0 Å². The number of nitrogens with zero attached hydrogens (tertiary/aromatic N) is 3. The van der Waals surface area contributed by atoms with Crippen LogP contribution in [-0.4, -0.2) is 54.2 Å². The van der Waals surface area contributed by atoms with Crippen molar-refractivity contribution in [2.45, 2.75) is 32.4 Å². The molecule has 0 saturated carbocycles. The zero-order valence-electron chi connectivity index (χ0n) is 12.4. The second kappa shape index (κ2) is 6.57. The average molecular weight is 314 g/mol. The van der Waals surface area contributed by atoms with Crippen LogP contribution in [0.4, 0.5) is 0 Å². The Hall–Kier alpha value is -1.41. The number of rotatable bonds is 5. The van der Waals surface area contributed by atoms with Crippen molar-refractivity contribution in [3.63, 3.8) is 0 Å². The van der Waals surface area contributed by atoms with E-state index in [2.05, 4.69) is 14.3 Å². The van der Waals surface area contributed by atoms with Crippen LogP contribution in [0.5, 0.6) is 0 Å². The fourth-order valence-corrected chi connectivity index (χ4v) is 3.42. The summed E-state index contributed by atoms with van der Waals surface area (Å²) in [6.07, 6.45) is 8.42. The summed E-state index contributed by atoms with van der Waals surface area (Å²) in [4.78, 5) is 17.9. The Morgan fingerprint density at radius 3 is 2.62 bits per heavy atom. The second-order valence-corrected chi connectivity index (χ2v) is 7.42. The maximum Gasteiger partial charge on any atom is 0.240 e. The van der Waals surface area contributed by atoms with E-state index in [1.165, 1.54) is 0 Å². The van der Waals surface area contributed by atoms with E-state index >= 15 is 0 Å². The second-order valence-electron chi connectivity index (χ2n) is 5.64. The Balaban J connectivity index is 1.81. The first kappa shape index (κ1) is 16.0. The van der Waals surface area contributed by atoms with E-state index in [1.54, 1.807) is 24.3 Å². The molecule has 7 nitrogen and oxygen atoms in total. The molecule has 0 radical (unpaired) electrons. The third kappa shape index (κ3) is 4.82. The molecule has 8 heteroatoms. The summed E-state index contributed by atoms with van der Waals surface area (Å²) in [7, 11) is -3.36. The number of likely N-dealkylation sites (tertiary alicyclic amines) is 1. The van der Waals surface area contributed by atoms with E-state index in [0.29, 0.717) is 19.0 Å². The smallest absolute Gasteiger partial charge is 0.240 e. The Bertz CT molecular complexity index is 562. The molecule has 1 aromatic rings. The van der Waals surface area contributed by atoms with Crippen LogP contribution in [0.3, 0.4) is 0 Å². The van der Waals surface area contributed by atoms with Gasteiger partial charge in [0.1, 0.15) is 0 Å². The van der Waals surface area contributed by atoms with Crippen LogP contribution in [0, 0.1) is 5.92 Å². The molecule has 2 heterocycles. The molecule has 118 valence electrons. The van der Waals surface area contributed by atoms with Crippen molar-refractivity contribution in [1.29, 1.82) is 0 Å². The summed E-state index contributed by atoms with van der Waals surface area (Å²) in [5, 5.41) is 0. The zero-order valence-corrected chi connectivity index (χ0v) is 13.2. The van der Waals surface area contributed by atoms with Gasteiger partial charge in [-0.1, -0.05) is 0 Å². The highest BCUT2D eigenvalue weighted by molar-refractivity contribution is 7.88. The van der Waals surface area contributed by atoms with Crippen molar-refractivity contribution >= 4 is 15.9 Å². The lowest BCUT2D eigenvalue weighted by Gasteiger charge is -2.33. The minimum Gasteiger partial charge on any atom is -0.341 e. The maximum atomic E-state index is 12.2. The molecule has 1 atom stereocenters. The Kier molecular flexibility index (Phi) is 5.00. The molecule has 0 spiro atoms. The third-order valence-corrected chi connectivity index (χ3v) is 4.50.